The summed E-state index contributed by atoms with van der Waals surface area (Å²) in [4.78, 5) is 27.6. The van der Waals surface area contributed by atoms with Gasteiger partial charge in [0.05, 0.1) is 34.3 Å². The highest BCUT2D eigenvalue weighted by molar-refractivity contribution is 7.10. The van der Waals surface area contributed by atoms with E-state index in [1.165, 1.54) is 23.9 Å². The molecule has 158 valence electrons. The minimum atomic E-state index is -0.673. The molecule has 0 spiro atoms. The summed E-state index contributed by atoms with van der Waals surface area (Å²) in [6, 6.07) is 5.65. The standard InChI is InChI=1S/C20H19ClN8OS/c1-12-7-24-19(25-16-5-13(2)28-31-16)26-17(12)29-10-20(11-29,3-4-22)27-18(30)14-6-15(21)9-23-8-14/h5-9H,3,10-11H2,1-2H3,(H,27,30)(H,24,25,26). The van der Waals surface area contributed by atoms with Crippen molar-refractivity contribution < 1.29 is 4.79 Å². The lowest BCUT2D eigenvalue weighted by Crippen LogP contribution is -2.70. The number of hydrogen-bond donors (Lipinski definition) is 2. The van der Waals surface area contributed by atoms with Crippen LogP contribution in [0.25, 0.3) is 0 Å². The van der Waals surface area contributed by atoms with Crippen molar-refractivity contribution in [1.29, 1.82) is 5.26 Å². The Morgan fingerprint density at radius 2 is 2.13 bits per heavy atom. The molecule has 0 bridgehead atoms. The maximum Gasteiger partial charge on any atom is 0.253 e. The van der Waals surface area contributed by atoms with Crippen molar-refractivity contribution in [3.8, 4) is 6.07 Å². The molecule has 9 nitrogen and oxygen atoms in total. The van der Waals surface area contributed by atoms with Crippen LogP contribution < -0.4 is 15.5 Å². The number of aryl methyl sites for hydroxylation is 2. The number of rotatable bonds is 6. The van der Waals surface area contributed by atoms with Crippen molar-refractivity contribution in [3.05, 3.63) is 52.6 Å². The second kappa shape index (κ2) is 8.45. The van der Waals surface area contributed by atoms with Crippen LogP contribution in [0.1, 0.15) is 28.0 Å². The number of carbonyl (C=O) groups excluding carboxylic acids is 1. The van der Waals surface area contributed by atoms with Crippen molar-refractivity contribution >= 4 is 45.8 Å². The Morgan fingerprint density at radius 3 is 2.81 bits per heavy atom. The van der Waals surface area contributed by atoms with Crippen LogP contribution in [0.3, 0.4) is 0 Å². The van der Waals surface area contributed by atoms with Gasteiger partial charge in [-0.25, -0.2) is 4.98 Å². The Kier molecular flexibility index (Phi) is 5.71. The maximum absolute atomic E-state index is 12.7. The average molecular weight is 455 g/mol. The molecule has 4 rings (SSSR count). The summed E-state index contributed by atoms with van der Waals surface area (Å²) in [7, 11) is 0. The number of carbonyl (C=O) groups is 1. The summed E-state index contributed by atoms with van der Waals surface area (Å²) in [5.41, 5.74) is 1.51. The second-order valence-electron chi connectivity index (χ2n) is 7.48. The van der Waals surface area contributed by atoms with Gasteiger partial charge in [-0.2, -0.15) is 14.6 Å². The normalized spacial score (nSPS) is 14.5. The molecule has 1 fully saturated rings. The molecule has 1 aliphatic rings. The van der Waals surface area contributed by atoms with E-state index in [0.717, 1.165) is 22.1 Å². The topological polar surface area (TPSA) is 120 Å². The molecule has 0 atom stereocenters. The summed E-state index contributed by atoms with van der Waals surface area (Å²) < 4.78 is 4.24. The summed E-state index contributed by atoms with van der Waals surface area (Å²) in [5.74, 6) is 0.911. The summed E-state index contributed by atoms with van der Waals surface area (Å²) in [6.07, 6.45) is 4.84. The van der Waals surface area contributed by atoms with Crippen molar-refractivity contribution in [2.24, 2.45) is 0 Å². The molecule has 3 aromatic rings. The number of nitrogens with zero attached hydrogens (tertiary/aromatic N) is 6. The molecule has 0 unspecified atom stereocenters. The first-order valence-corrected chi connectivity index (χ1v) is 10.6. The quantitative estimate of drug-likeness (QED) is 0.582. The number of halogens is 1. The molecule has 3 aromatic heterocycles. The predicted octanol–water partition coefficient (Wildman–Crippen LogP) is 3.24. The van der Waals surface area contributed by atoms with Gasteiger partial charge < -0.3 is 15.5 Å². The summed E-state index contributed by atoms with van der Waals surface area (Å²) in [6.45, 7) is 4.76. The number of nitriles is 1. The number of anilines is 3. The second-order valence-corrected chi connectivity index (χ2v) is 8.72. The van der Waals surface area contributed by atoms with Gasteiger partial charge in [-0.1, -0.05) is 11.6 Å². The summed E-state index contributed by atoms with van der Waals surface area (Å²) >= 11 is 7.28. The molecule has 0 aromatic carbocycles. The molecular formula is C20H19ClN8OS. The molecular weight excluding hydrogens is 436 g/mol. The van der Waals surface area contributed by atoms with Crippen LogP contribution in [0.4, 0.5) is 16.8 Å². The minimum absolute atomic E-state index is 0.179. The van der Waals surface area contributed by atoms with E-state index >= 15 is 0 Å². The van der Waals surface area contributed by atoms with Gasteiger partial charge in [-0.05, 0) is 37.5 Å². The molecule has 0 saturated carbocycles. The highest BCUT2D eigenvalue weighted by Gasteiger charge is 2.45. The van der Waals surface area contributed by atoms with Gasteiger partial charge in [0.1, 0.15) is 10.8 Å². The third kappa shape index (κ3) is 4.57. The zero-order chi connectivity index (χ0) is 22.0. The SMILES string of the molecule is Cc1cc(Nc2ncc(C)c(N3CC(CC#N)(NC(=O)c4cncc(Cl)c4)C3)n2)sn1. The molecule has 4 heterocycles. The molecule has 1 saturated heterocycles. The molecule has 1 amide bonds. The van der Waals surface area contributed by atoms with E-state index in [-0.39, 0.29) is 12.3 Å². The molecule has 0 radical (unpaired) electrons. The van der Waals surface area contributed by atoms with Gasteiger partial charge in [-0.15, -0.1) is 0 Å². The predicted molar refractivity (Wildman–Crippen MR) is 119 cm³/mol. The van der Waals surface area contributed by atoms with Crippen molar-refractivity contribution in [2.45, 2.75) is 25.8 Å². The van der Waals surface area contributed by atoms with E-state index in [1.54, 1.807) is 12.3 Å². The molecule has 1 aliphatic heterocycles. The van der Waals surface area contributed by atoms with Gasteiger partial charge in [0.15, 0.2) is 0 Å². The molecule has 31 heavy (non-hydrogen) atoms. The Hall–Kier alpha value is -3.29. The molecule has 11 heteroatoms. The van der Waals surface area contributed by atoms with Crippen molar-refractivity contribution in [2.75, 3.05) is 23.3 Å². The third-order valence-corrected chi connectivity index (χ3v) is 5.86. The number of pyridine rings is 1. The Bertz CT molecular complexity index is 1170. The van der Waals surface area contributed by atoms with Crippen LogP contribution in [0.15, 0.2) is 30.7 Å². The first-order valence-electron chi connectivity index (χ1n) is 9.46. The van der Waals surface area contributed by atoms with Gasteiger partial charge in [0, 0.05) is 37.2 Å². The van der Waals surface area contributed by atoms with Crippen LogP contribution >= 0.6 is 23.1 Å². The smallest absolute Gasteiger partial charge is 0.253 e. The van der Waals surface area contributed by atoms with Gasteiger partial charge in [0.2, 0.25) is 5.95 Å². The van der Waals surface area contributed by atoms with Crippen molar-refractivity contribution in [3.63, 3.8) is 0 Å². The van der Waals surface area contributed by atoms with Gasteiger partial charge >= 0.3 is 0 Å². The zero-order valence-corrected chi connectivity index (χ0v) is 18.5. The number of nitrogens with one attached hydrogen (secondary N) is 2. The van der Waals surface area contributed by atoms with E-state index < -0.39 is 5.54 Å². The van der Waals surface area contributed by atoms with E-state index in [1.807, 2.05) is 24.8 Å². The highest BCUT2D eigenvalue weighted by atomic mass is 35.5. The van der Waals surface area contributed by atoms with Crippen LogP contribution in [-0.4, -0.2) is 43.9 Å². The van der Waals surface area contributed by atoms with Gasteiger partial charge in [-0.3, -0.25) is 9.78 Å². The van der Waals surface area contributed by atoms with E-state index in [0.29, 0.717) is 29.6 Å². The lowest BCUT2D eigenvalue weighted by Gasteiger charge is -2.50. The maximum atomic E-state index is 12.7. The first-order chi connectivity index (χ1) is 14.9. The van der Waals surface area contributed by atoms with Crippen LogP contribution in [-0.2, 0) is 0 Å². The fourth-order valence-corrected chi connectivity index (χ4v) is 4.24. The largest absolute Gasteiger partial charge is 0.351 e. The summed E-state index contributed by atoms with van der Waals surface area (Å²) in [5, 5.41) is 16.7. The van der Waals surface area contributed by atoms with Crippen molar-refractivity contribution in [1.82, 2.24) is 24.6 Å². The van der Waals surface area contributed by atoms with Crippen LogP contribution in [0.5, 0.6) is 0 Å². The number of amides is 1. The zero-order valence-electron chi connectivity index (χ0n) is 16.9. The highest BCUT2D eigenvalue weighted by Crippen LogP contribution is 2.32. The third-order valence-electron chi connectivity index (χ3n) is 4.86. The van der Waals surface area contributed by atoms with E-state index in [4.69, 9.17) is 11.6 Å². The average Bonchev–Trinajstić information content (AvgIpc) is 3.12. The number of hydrogen-bond acceptors (Lipinski definition) is 9. The van der Waals surface area contributed by atoms with E-state index in [9.17, 15) is 10.1 Å². The van der Waals surface area contributed by atoms with E-state index in [2.05, 4.69) is 36.0 Å². The number of aromatic nitrogens is 4. The first kappa shape index (κ1) is 21.0. The lowest BCUT2D eigenvalue weighted by atomic mass is 9.86. The monoisotopic (exact) mass is 454 g/mol. The van der Waals surface area contributed by atoms with Crippen LogP contribution in [0, 0.1) is 25.2 Å². The lowest BCUT2D eigenvalue weighted by molar-refractivity contribution is 0.0879. The molecule has 2 N–H and O–H groups in total. The fourth-order valence-electron chi connectivity index (χ4n) is 3.42. The Morgan fingerprint density at radius 1 is 1.32 bits per heavy atom. The Labute approximate surface area is 188 Å². The molecule has 0 aliphatic carbocycles. The fraction of sp³-hybridized carbons (Fsp3) is 0.300. The Balaban J connectivity index is 1.49. The minimum Gasteiger partial charge on any atom is -0.351 e. The van der Waals surface area contributed by atoms with Gasteiger partial charge in [0.25, 0.3) is 5.91 Å². The van der Waals surface area contributed by atoms with Crippen LogP contribution in [0.2, 0.25) is 5.02 Å².